The number of aryl methyl sites for hydroxylation is 2. The molecule has 0 bridgehead atoms. The minimum atomic E-state index is -1.22. The summed E-state index contributed by atoms with van der Waals surface area (Å²) >= 11 is 0. The first-order valence-electron chi connectivity index (χ1n) is 17.8. The molecule has 0 aromatic heterocycles. The van der Waals surface area contributed by atoms with Gasteiger partial charge in [-0.25, -0.2) is 9.59 Å². The van der Waals surface area contributed by atoms with Gasteiger partial charge in [0.1, 0.15) is 11.5 Å². The van der Waals surface area contributed by atoms with Crippen LogP contribution in [0.2, 0.25) is 0 Å². The number of allylic oxidation sites excluding steroid dienone is 4. The number of phenols is 2. The maximum absolute atomic E-state index is 13.9. The zero-order valence-corrected chi connectivity index (χ0v) is 31.4. The van der Waals surface area contributed by atoms with Crippen molar-refractivity contribution in [1.82, 2.24) is 0 Å². The van der Waals surface area contributed by atoms with Gasteiger partial charge in [0.05, 0.1) is 33.6 Å². The molecule has 12 nitrogen and oxygen atoms in total. The normalized spacial score (nSPS) is 15.5. The largest absolute Gasteiger partial charge is 0.507 e. The molecule has 0 radical (unpaired) electrons. The number of benzene rings is 4. The molecule has 286 valence electrons. The van der Waals surface area contributed by atoms with Gasteiger partial charge in [-0.05, 0) is 72.2 Å². The molecule has 6 rings (SSSR count). The van der Waals surface area contributed by atoms with E-state index in [0.717, 1.165) is 0 Å². The van der Waals surface area contributed by atoms with Crippen LogP contribution in [0.25, 0.3) is 33.4 Å². The molecule has 0 atom stereocenters. The van der Waals surface area contributed by atoms with Crippen molar-refractivity contribution in [3.63, 3.8) is 0 Å². The Morgan fingerprint density at radius 1 is 0.571 bits per heavy atom. The number of Topliss-reactive ketones (excluding diaryl/α,β-unsaturated/α-hetero) is 2. The Balaban J connectivity index is 1.63. The number of aliphatic hydroxyl groups excluding tert-OH is 2. The molecule has 12 heteroatoms. The Kier molecular flexibility index (Phi) is 10.1. The highest BCUT2D eigenvalue weighted by atomic mass is 16.4. The molecule has 2 aliphatic carbocycles. The number of phenolic OH excluding ortho intramolecular Hbond substituents is 2. The first-order chi connectivity index (χ1) is 26.5. The molecular weight excluding hydrogens is 716 g/mol. The number of fused-ring (bicyclic) bond motifs is 2. The van der Waals surface area contributed by atoms with Gasteiger partial charge < -0.3 is 41.3 Å². The Bertz CT molecular complexity index is 2360. The number of anilines is 2. The molecular formula is C44H40N2O10. The van der Waals surface area contributed by atoms with E-state index >= 15 is 0 Å². The van der Waals surface area contributed by atoms with Crippen LogP contribution in [0, 0.1) is 25.7 Å². The number of aliphatic hydroxyl groups is 2. The predicted octanol–water partition coefficient (Wildman–Crippen LogP) is 8.70. The van der Waals surface area contributed by atoms with Gasteiger partial charge in [0.25, 0.3) is 0 Å². The van der Waals surface area contributed by atoms with Crippen LogP contribution < -0.4 is 10.6 Å². The number of carbonyl (C=O) groups excluding carboxylic acids is 2. The summed E-state index contributed by atoms with van der Waals surface area (Å²) in [5, 5.41) is 72.3. The highest BCUT2D eigenvalue weighted by Crippen LogP contribution is 2.53. The number of carboxylic acids is 2. The molecule has 0 saturated carbocycles. The predicted molar refractivity (Wildman–Crippen MR) is 213 cm³/mol. The topological polar surface area (TPSA) is 214 Å². The van der Waals surface area contributed by atoms with Crippen LogP contribution in [-0.4, -0.2) is 54.1 Å². The monoisotopic (exact) mass is 756 g/mol. The summed E-state index contributed by atoms with van der Waals surface area (Å²) in [5.74, 6) is -6.79. The van der Waals surface area contributed by atoms with Crippen molar-refractivity contribution in [3.8, 4) is 22.6 Å². The fraction of sp³-hybridized carbons (Fsp3) is 0.182. The van der Waals surface area contributed by atoms with Gasteiger partial charge in [0, 0.05) is 45.8 Å². The van der Waals surface area contributed by atoms with Gasteiger partial charge in [-0.1, -0.05) is 64.1 Å². The number of para-hydroxylation sites is 2. The third-order valence-corrected chi connectivity index (χ3v) is 10.0. The van der Waals surface area contributed by atoms with E-state index < -0.39 is 46.5 Å². The minimum Gasteiger partial charge on any atom is -0.507 e. The van der Waals surface area contributed by atoms with Gasteiger partial charge in [0.15, 0.2) is 11.5 Å². The SMILES string of the molecule is Cc1cc2c(c(O)c1-c1c(C)cc3c(c1O)C(=CNc1ccccc1C(=O)O)C(=O)C(O)=C3C(C)C)C(=CNc1ccccc1C(=O)O)C(=O)C(O)=C2C(C)C. The summed E-state index contributed by atoms with van der Waals surface area (Å²) in [4.78, 5) is 51.7. The maximum atomic E-state index is 13.9. The van der Waals surface area contributed by atoms with Crippen molar-refractivity contribution >= 4 is 57.2 Å². The smallest absolute Gasteiger partial charge is 0.337 e. The highest BCUT2D eigenvalue weighted by Gasteiger charge is 2.38. The number of ketones is 2. The van der Waals surface area contributed by atoms with Crippen molar-refractivity contribution in [2.45, 2.75) is 41.5 Å². The molecule has 8 N–H and O–H groups in total. The van der Waals surface area contributed by atoms with Gasteiger partial charge in [-0.2, -0.15) is 0 Å². The zero-order valence-electron chi connectivity index (χ0n) is 31.4. The second kappa shape index (κ2) is 14.6. The molecule has 2 aliphatic rings. The third-order valence-electron chi connectivity index (χ3n) is 10.0. The summed E-state index contributed by atoms with van der Waals surface area (Å²) in [5.41, 5.74) is 2.14. The van der Waals surface area contributed by atoms with E-state index in [-0.39, 0.29) is 78.9 Å². The maximum Gasteiger partial charge on any atom is 0.337 e. The first-order valence-corrected chi connectivity index (χ1v) is 17.8. The van der Waals surface area contributed by atoms with E-state index in [1.54, 1.807) is 77.9 Å². The number of nitrogens with one attached hydrogen (secondary N) is 2. The van der Waals surface area contributed by atoms with Crippen LogP contribution in [0.5, 0.6) is 11.5 Å². The van der Waals surface area contributed by atoms with E-state index in [0.29, 0.717) is 22.3 Å². The summed E-state index contributed by atoms with van der Waals surface area (Å²) < 4.78 is 0. The molecule has 4 aromatic carbocycles. The second-order valence-electron chi connectivity index (χ2n) is 14.3. The van der Waals surface area contributed by atoms with Gasteiger partial charge in [0.2, 0.25) is 11.6 Å². The molecule has 0 unspecified atom stereocenters. The van der Waals surface area contributed by atoms with E-state index in [1.807, 2.05) is 0 Å². The summed E-state index contributed by atoms with van der Waals surface area (Å²) in [6, 6.07) is 15.4. The second-order valence-corrected chi connectivity index (χ2v) is 14.3. The quantitative estimate of drug-likeness (QED) is 0.0753. The number of aromatic carboxylic acids is 2. The number of aromatic hydroxyl groups is 2. The van der Waals surface area contributed by atoms with Crippen molar-refractivity contribution in [2.24, 2.45) is 11.8 Å². The van der Waals surface area contributed by atoms with Crippen LogP contribution >= 0.6 is 0 Å². The van der Waals surface area contributed by atoms with Crippen LogP contribution in [0.4, 0.5) is 11.4 Å². The Morgan fingerprint density at radius 3 is 1.23 bits per heavy atom. The number of rotatable bonds is 9. The molecule has 0 saturated heterocycles. The number of carboxylic acid groups (broad SMARTS) is 2. The van der Waals surface area contributed by atoms with E-state index in [4.69, 9.17) is 0 Å². The molecule has 0 heterocycles. The van der Waals surface area contributed by atoms with Crippen molar-refractivity contribution < 1.29 is 49.8 Å². The number of hydrogen-bond donors (Lipinski definition) is 8. The lowest BCUT2D eigenvalue weighted by Crippen LogP contribution is -2.20. The fourth-order valence-corrected chi connectivity index (χ4v) is 7.52. The number of carbonyl (C=O) groups is 4. The Morgan fingerprint density at radius 2 is 0.911 bits per heavy atom. The summed E-state index contributed by atoms with van der Waals surface area (Å²) in [6.45, 7) is 10.5. The lowest BCUT2D eigenvalue weighted by atomic mass is 9.75. The molecule has 56 heavy (non-hydrogen) atoms. The van der Waals surface area contributed by atoms with Gasteiger partial charge in [-0.15, -0.1) is 0 Å². The molecule has 0 amide bonds. The average Bonchev–Trinajstić information content (AvgIpc) is 3.13. The Labute approximate surface area is 322 Å². The summed E-state index contributed by atoms with van der Waals surface area (Å²) in [7, 11) is 0. The molecule has 0 aliphatic heterocycles. The van der Waals surface area contributed by atoms with Crippen molar-refractivity contribution in [3.05, 3.63) is 129 Å². The average molecular weight is 757 g/mol. The van der Waals surface area contributed by atoms with E-state index in [9.17, 15) is 49.8 Å². The molecule has 0 spiro atoms. The van der Waals surface area contributed by atoms with Gasteiger partial charge >= 0.3 is 11.9 Å². The van der Waals surface area contributed by atoms with Crippen molar-refractivity contribution in [1.29, 1.82) is 0 Å². The van der Waals surface area contributed by atoms with Crippen LogP contribution in [-0.2, 0) is 9.59 Å². The first kappa shape index (κ1) is 38.6. The lowest BCUT2D eigenvalue weighted by molar-refractivity contribution is -0.113. The highest BCUT2D eigenvalue weighted by molar-refractivity contribution is 6.35. The molecule has 4 aromatic rings. The standard InChI is InChI=1S/C44H40N2O10/c1-19(2)31-25-15-21(5)33(39(49)35(25)27(37(47)41(31)51)17-45-29-13-9-7-11-23(29)43(53)54)34-22(6)16-26-32(20(3)4)42(52)38(48)28(36(26)40(34)50)18-46-30-14-10-8-12-24(30)44(55)56/h7-20,45-46,49-52H,1-6H3,(H,53,54)(H,55,56). The zero-order chi connectivity index (χ0) is 40.9. The Hall–Kier alpha value is -7.08. The van der Waals surface area contributed by atoms with E-state index in [2.05, 4.69) is 10.6 Å². The third kappa shape index (κ3) is 6.34. The number of hydrogen-bond acceptors (Lipinski definition) is 10. The fourth-order valence-electron chi connectivity index (χ4n) is 7.52. The summed E-state index contributed by atoms with van der Waals surface area (Å²) in [6.07, 6.45) is 2.44. The lowest BCUT2D eigenvalue weighted by Gasteiger charge is -2.29. The van der Waals surface area contributed by atoms with Crippen molar-refractivity contribution in [2.75, 3.05) is 10.6 Å². The van der Waals surface area contributed by atoms with E-state index in [1.165, 1.54) is 36.7 Å². The van der Waals surface area contributed by atoms with Crippen LogP contribution in [0.1, 0.15) is 81.8 Å². The van der Waals surface area contributed by atoms with Gasteiger partial charge in [-0.3, -0.25) is 9.59 Å². The van der Waals surface area contributed by atoms with Crippen LogP contribution in [0.15, 0.2) is 84.6 Å². The minimum absolute atomic E-state index is 0.0214. The van der Waals surface area contributed by atoms with Crippen LogP contribution in [0.3, 0.4) is 0 Å². The molecule has 0 fully saturated rings.